The zero-order valence-corrected chi connectivity index (χ0v) is 12.5. The molecular weight excluding hydrogens is 270 g/mol. The normalized spacial score (nSPS) is 16.0. The Morgan fingerprint density at radius 3 is 2.62 bits per heavy atom. The number of hydrogen-bond acceptors (Lipinski definition) is 4. The number of hydrogen-bond donors (Lipinski definition) is 1. The van der Waals surface area contributed by atoms with Crippen molar-refractivity contribution in [2.75, 3.05) is 26.7 Å². The number of carbonyl (C=O) groups is 1. The molecule has 6 heteroatoms. The number of rotatable bonds is 4. The van der Waals surface area contributed by atoms with Gasteiger partial charge in [0.15, 0.2) is 0 Å². The van der Waals surface area contributed by atoms with Gasteiger partial charge >= 0.3 is 0 Å². The summed E-state index contributed by atoms with van der Waals surface area (Å²) in [6, 6.07) is 4.57. The molecule has 1 aliphatic heterocycles. The molecule has 0 aliphatic carbocycles. The topological polar surface area (TPSA) is 75.5 Å². The lowest BCUT2D eigenvalue weighted by Crippen LogP contribution is -2.40. The molecular formula is C15H21N3O3. The van der Waals surface area contributed by atoms with Crippen LogP contribution in [0.1, 0.15) is 28.8 Å². The lowest BCUT2D eigenvalue weighted by Gasteiger charge is -2.32. The SMILES string of the molecule is CNCC1CCN(C(=O)c2ccc([N+](=O)[O-])c(C)c2)CC1. The van der Waals surface area contributed by atoms with Gasteiger partial charge in [0.05, 0.1) is 4.92 Å². The quantitative estimate of drug-likeness (QED) is 0.680. The minimum Gasteiger partial charge on any atom is -0.339 e. The summed E-state index contributed by atoms with van der Waals surface area (Å²) in [4.78, 5) is 24.7. The van der Waals surface area contributed by atoms with Crippen LogP contribution in [0, 0.1) is 23.0 Å². The summed E-state index contributed by atoms with van der Waals surface area (Å²) in [5.41, 5.74) is 1.11. The number of nitrogens with zero attached hydrogens (tertiary/aromatic N) is 2. The van der Waals surface area contributed by atoms with Gasteiger partial charge in [-0.3, -0.25) is 14.9 Å². The van der Waals surface area contributed by atoms with Crippen LogP contribution >= 0.6 is 0 Å². The van der Waals surface area contributed by atoms with Gasteiger partial charge in [-0.15, -0.1) is 0 Å². The first kappa shape index (κ1) is 15.4. The summed E-state index contributed by atoms with van der Waals surface area (Å²) in [5.74, 6) is 0.591. The number of likely N-dealkylation sites (tertiary alicyclic amines) is 1. The van der Waals surface area contributed by atoms with Gasteiger partial charge in [-0.1, -0.05) is 0 Å². The van der Waals surface area contributed by atoms with E-state index in [1.165, 1.54) is 6.07 Å². The monoisotopic (exact) mass is 291 g/mol. The van der Waals surface area contributed by atoms with Crippen molar-refractivity contribution < 1.29 is 9.72 Å². The van der Waals surface area contributed by atoms with Crippen molar-refractivity contribution in [1.82, 2.24) is 10.2 Å². The molecule has 1 aliphatic rings. The highest BCUT2D eigenvalue weighted by Crippen LogP contribution is 2.22. The van der Waals surface area contributed by atoms with Crippen molar-refractivity contribution in [3.8, 4) is 0 Å². The smallest absolute Gasteiger partial charge is 0.272 e. The first-order chi connectivity index (χ1) is 10.0. The number of amides is 1. The molecule has 1 amide bonds. The molecule has 1 aromatic rings. The van der Waals surface area contributed by atoms with Gasteiger partial charge in [0, 0.05) is 30.3 Å². The van der Waals surface area contributed by atoms with Crippen LogP contribution in [-0.4, -0.2) is 42.4 Å². The number of aryl methyl sites for hydroxylation is 1. The fourth-order valence-electron chi connectivity index (χ4n) is 2.80. The Morgan fingerprint density at radius 2 is 2.10 bits per heavy atom. The van der Waals surface area contributed by atoms with E-state index in [2.05, 4.69) is 5.32 Å². The van der Waals surface area contributed by atoms with Crippen LogP contribution in [0.25, 0.3) is 0 Å². The minimum absolute atomic E-state index is 0.0316. The summed E-state index contributed by atoms with van der Waals surface area (Å²) in [6.45, 7) is 4.15. The maximum Gasteiger partial charge on any atom is 0.272 e. The predicted octanol–water partition coefficient (Wildman–Crippen LogP) is 1.97. The van der Waals surface area contributed by atoms with Crippen LogP contribution in [0.2, 0.25) is 0 Å². The number of nitrogens with one attached hydrogen (secondary N) is 1. The number of nitro benzene ring substituents is 1. The van der Waals surface area contributed by atoms with Gasteiger partial charge in [0.1, 0.15) is 0 Å². The second-order valence-corrected chi connectivity index (χ2v) is 5.55. The third-order valence-corrected chi connectivity index (χ3v) is 4.03. The Morgan fingerprint density at radius 1 is 1.43 bits per heavy atom. The molecule has 1 heterocycles. The van der Waals surface area contributed by atoms with Gasteiger partial charge < -0.3 is 10.2 Å². The number of nitro groups is 1. The zero-order chi connectivity index (χ0) is 15.4. The molecule has 2 rings (SSSR count). The fraction of sp³-hybridized carbons (Fsp3) is 0.533. The molecule has 0 spiro atoms. The Labute approximate surface area is 124 Å². The molecule has 6 nitrogen and oxygen atoms in total. The van der Waals surface area contributed by atoms with Crippen molar-refractivity contribution in [2.45, 2.75) is 19.8 Å². The average molecular weight is 291 g/mol. The molecule has 0 atom stereocenters. The van der Waals surface area contributed by atoms with Crippen molar-refractivity contribution in [3.63, 3.8) is 0 Å². The van der Waals surface area contributed by atoms with Crippen LogP contribution in [0.15, 0.2) is 18.2 Å². The molecule has 21 heavy (non-hydrogen) atoms. The van der Waals surface area contributed by atoms with E-state index in [-0.39, 0.29) is 11.6 Å². The van der Waals surface area contributed by atoms with E-state index in [0.29, 0.717) is 17.0 Å². The molecule has 1 saturated heterocycles. The first-order valence-corrected chi connectivity index (χ1v) is 7.22. The van der Waals surface area contributed by atoms with E-state index in [1.54, 1.807) is 19.1 Å². The van der Waals surface area contributed by atoms with Crippen LogP contribution in [0.3, 0.4) is 0 Å². The maximum absolute atomic E-state index is 12.4. The molecule has 0 aromatic heterocycles. The van der Waals surface area contributed by atoms with Gasteiger partial charge in [0.25, 0.3) is 11.6 Å². The second kappa shape index (κ2) is 6.67. The van der Waals surface area contributed by atoms with Gasteiger partial charge in [-0.05, 0) is 51.4 Å². The summed E-state index contributed by atoms with van der Waals surface area (Å²) in [5, 5.41) is 14.0. The van der Waals surface area contributed by atoms with E-state index < -0.39 is 4.92 Å². The molecule has 114 valence electrons. The van der Waals surface area contributed by atoms with E-state index in [9.17, 15) is 14.9 Å². The first-order valence-electron chi connectivity index (χ1n) is 7.22. The van der Waals surface area contributed by atoms with E-state index in [0.717, 1.165) is 32.5 Å². The van der Waals surface area contributed by atoms with Crippen molar-refractivity contribution in [1.29, 1.82) is 0 Å². The standard InChI is InChI=1S/C15H21N3O3/c1-11-9-13(3-4-14(11)18(20)21)15(19)17-7-5-12(6-8-17)10-16-2/h3-4,9,12,16H,5-8,10H2,1-2H3. The lowest BCUT2D eigenvalue weighted by atomic mass is 9.96. The molecule has 1 fully saturated rings. The minimum atomic E-state index is -0.424. The summed E-state index contributed by atoms with van der Waals surface area (Å²) >= 11 is 0. The van der Waals surface area contributed by atoms with Crippen molar-refractivity contribution in [3.05, 3.63) is 39.4 Å². The lowest BCUT2D eigenvalue weighted by molar-refractivity contribution is -0.385. The van der Waals surface area contributed by atoms with Gasteiger partial charge in [0.2, 0.25) is 0 Å². The number of carbonyl (C=O) groups excluding carboxylic acids is 1. The number of piperidine rings is 1. The molecule has 1 aromatic carbocycles. The maximum atomic E-state index is 12.4. The molecule has 1 N–H and O–H groups in total. The van der Waals surface area contributed by atoms with Crippen LogP contribution in [-0.2, 0) is 0 Å². The molecule has 0 unspecified atom stereocenters. The summed E-state index contributed by atoms with van der Waals surface area (Å²) in [7, 11) is 1.94. The predicted molar refractivity (Wildman–Crippen MR) is 80.4 cm³/mol. The van der Waals surface area contributed by atoms with E-state index in [1.807, 2.05) is 11.9 Å². The Kier molecular flexibility index (Phi) is 4.90. The number of benzene rings is 1. The molecule has 0 radical (unpaired) electrons. The Hall–Kier alpha value is -1.95. The largest absolute Gasteiger partial charge is 0.339 e. The van der Waals surface area contributed by atoms with E-state index in [4.69, 9.17) is 0 Å². The Balaban J connectivity index is 2.04. The highest BCUT2D eigenvalue weighted by Gasteiger charge is 2.24. The Bertz CT molecular complexity index is 537. The van der Waals surface area contributed by atoms with Crippen LogP contribution in [0.4, 0.5) is 5.69 Å². The third-order valence-electron chi connectivity index (χ3n) is 4.03. The highest BCUT2D eigenvalue weighted by atomic mass is 16.6. The molecule has 0 saturated carbocycles. The van der Waals surface area contributed by atoms with E-state index >= 15 is 0 Å². The highest BCUT2D eigenvalue weighted by molar-refractivity contribution is 5.94. The van der Waals surface area contributed by atoms with Crippen molar-refractivity contribution >= 4 is 11.6 Å². The van der Waals surface area contributed by atoms with Crippen LogP contribution in [0.5, 0.6) is 0 Å². The third kappa shape index (κ3) is 3.58. The summed E-state index contributed by atoms with van der Waals surface area (Å²) < 4.78 is 0. The molecule has 0 bridgehead atoms. The van der Waals surface area contributed by atoms with Crippen molar-refractivity contribution in [2.24, 2.45) is 5.92 Å². The fourth-order valence-corrected chi connectivity index (χ4v) is 2.80. The van der Waals surface area contributed by atoms with Crippen LogP contribution < -0.4 is 5.32 Å². The second-order valence-electron chi connectivity index (χ2n) is 5.55. The average Bonchev–Trinajstić information content (AvgIpc) is 2.47. The summed E-state index contributed by atoms with van der Waals surface area (Å²) in [6.07, 6.45) is 2.00. The zero-order valence-electron chi connectivity index (χ0n) is 12.5. The van der Waals surface area contributed by atoms with Gasteiger partial charge in [-0.25, -0.2) is 0 Å². The van der Waals surface area contributed by atoms with Gasteiger partial charge in [-0.2, -0.15) is 0 Å².